The van der Waals surface area contributed by atoms with E-state index >= 15 is 0 Å². The van der Waals surface area contributed by atoms with E-state index in [0.29, 0.717) is 6.04 Å². The van der Waals surface area contributed by atoms with E-state index < -0.39 is 0 Å². The average molecular weight is 400 g/mol. The Bertz CT molecular complexity index is 747. The molecule has 6 heteroatoms. The monoisotopic (exact) mass is 399 g/mol. The summed E-state index contributed by atoms with van der Waals surface area (Å²) in [5, 5.41) is 10.1. The molecular weight excluding hydrogens is 366 g/mol. The van der Waals surface area contributed by atoms with Crippen molar-refractivity contribution in [2.75, 3.05) is 32.7 Å². The van der Waals surface area contributed by atoms with Gasteiger partial charge in [-0.05, 0) is 52.3 Å². The summed E-state index contributed by atoms with van der Waals surface area (Å²) in [6, 6.07) is 9.29. The first kappa shape index (κ1) is 20.8. The molecule has 2 aromatic rings. The van der Waals surface area contributed by atoms with E-state index in [1.807, 2.05) is 0 Å². The Hall–Kier alpha value is -1.92. The zero-order valence-electron chi connectivity index (χ0n) is 17.4. The number of hydrogen-bond donors (Lipinski definition) is 2. The Kier molecular flexibility index (Phi) is 7.86. The Morgan fingerprint density at radius 2 is 1.93 bits per heavy atom. The van der Waals surface area contributed by atoms with E-state index in [-0.39, 0.29) is 0 Å². The molecule has 1 atom stereocenters. The van der Waals surface area contributed by atoms with E-state index in [2.05, 4.69) is 70.9 Å². The van der Waals surface area contributed by atoms with E-state index in [0.717, 1.165) is 42.7 Å². The molecule has 5 nitrogen and oxygen atoms in total. The third-order valence-electron chi connectivity index (χ3n) is 5.15. The van der Waals surface area contributed by atoms with Crippen LogP contribution in [0.2, 0.25) is 0 Å². The first-order valence-corrected chi connectivity index (χ1v) is 11.3. The molecule has 0 radical (unpaired) electrons. The highest BCUT2D eigenvalue weighted by Gasteiger charge is 2.23. The third-order valence-corrected chi connectivity index (χ3v) is 5.97. The van der Waals surface area contributed by atoms with Crippen LogP contribution in [0.1, 0.15) is 47.6 Å². The lowest BCUT2D eigenvalue weighted by Crippen LogP contribution is -2.39. The summed E-state index contributed by atoms with van der Waals surface area (Å²) in [5.74, 6) is 0.894. The molecule has 0 saturated carbocycles. The number of thiazole rings is 1. The first-order chi connectivity index (χ1) is 13.7. The minimum Gasteiger partial charge on any atom is -0.357 e. The van der Waals surface area contributed by atoms with Gasteiger partial charge in [0.15, 0.2) is 5.96 Å². The van der Waals surface area contributed by atoms with Crippen molar-refractivity contribution in [2.24, 2.45) is 4.99 Å². The van der Waals surface area contributed by atoms with Gasteiger partial charge in [-0.25, -0.2) is 4.98 Å². The smallest absolute Gasteiger partial charge is 0.191 e. The van der Waals surface area contributed by atoms with Crippen LogP contribution in [0.5, 0.6) is 0 Å². The maximum atomic E-state index is 4.93. The summed E-state index contributed by atoms with van der Waals surface area (Å²) in [4.78, 5) is 12.0. The zero-order chi connectivity index (χ0) is 19.8. The quantitative estimate of drug-likeness (QED) is 0.525. The molecule has 1 aliphatic heterocycles. The molecule has 2 heterocycles. The molecule has 3 rings (SSSR count). The van der Waals surface area contributed by atoms with Gasteiger partial charge in [-0.3, -0.25) is 9.89 Å². The summed E-state index contributed by atoms with van der Waals surface area (Å²) in [6.07, 6.45) is 3.50. The minimum absolute atomic E-state index is 0.347. The van der Waals surface area contributed by atoms with Crippen molar-refractivity contribution in [1.82, 2.24) is 20.5 Å². The van der Waals surface area contributed by atoms with Crippen LogP contribution in [0, 0.1) is 13.8 Å². The second kappa shape index (κ2) is 10.6. The van der Waals surface area contributed by atoms with Gasteiger partial charge < -0.3 is 10.6 Å². The molecule has 1 unspecified atom stereocenters. The number of nitrogens with one attached hydrogen (secondary N) is 2. The predicted molar refractivity (Wildman–Crippen MR) is 119 cm³/mol. The second-order valence-corrected chi connectivity index (χ2v) is 8.49. The highest BCUT2D eigenvalue weighted by atomic mass is 32.1. The molecule has 1 saturated heterocycles. The van der Waals surface area contributed by atoms with Crippen LogP contribution < -0.4 is 10.6 Å². The summed E-state index contributed by atoms with van der Waals surface area (Å²) in [7, 11) is 0. The predicted octanol–water partition coefficient (Wildman–Crippen LogP) is 3.69. The van der Waals surface area contributed by atoms with E-state index in [1.54, 1.807) is 11.3 Å². The van der Waals surface area contributed by atoms with Crippen LogP contribution >= 0.6 is 11.3 Å². The number of likely N-dealkylation sites (tertiary alicyclic amines) is 1. The fraction of sp³-hybridized carbons (Fsp3) is 0.545. The van der Waals surface area contributed by atoms with E-state index in [4.69, 9.17) is 4.99 Å². The Morgan fingerprint density at radius 1 is 1.18 bits per heavy atom. The number of nitrogens with zero attached hydrogens (tertiary/aromatic N) is 3. The average Bonchev–Trinajstić information content (AvgIpc) is 3.35. The highest BCUT2D eigenvalue weighted by Crippen LogP contribution is 2.25. The molecule has 1 fully saturated rings. The Balaban J connectivity index is 1.63. The van der Waals surface area contributed by atoms with Crippen molar-refractivity contribution >= 4 is 17.3 Å². The summed E-state index contributed by atoms with van der Waals surface area (Å²) >= 11 is 1.71. The number of guanidine groups is 1. The fourth-order valence-corrected chi connectivity index (χ4v) is 4.27. The lowest BCUT2D eigenvalue weighted by Gasteiger charge is -2.27. The van der Waals surface area contributed by atoms with Gasteiger partial charge in [0.05, 0.1) is 23.3 Å². The molecular formula is C22H33N5S. The maximum Gasteiger partial charge on any atom is 0.191 e. The SMILES string of the molecule is CCNC(=NCC(c1ccc(C)cc1)N1CCCC1)NCCc1csc(C)n1. The molecule has 28 heavy (non-hydrogen) atoms. The van der Waals surface area contributed by atoms with Crippen molar-refractivity contribution in [3.8, 4) is 0 Å². The van der Waals surface area contributed by atoms with Gasteiger partial charge in [-0.2, -0.15) is 0 Å². The molecule has 0 spiro atoms. The van der Waals surface area contributed by atoms with Crippen molar-refractivity contribution in [3.63, 3.8) is 0 Å². The molecule has 152 valence electrons. The van der Waals surface area contributed by atoms with Gasteiger partial charge in [0.1, 0.15) is 0 Å². The highest BCUT2D eigenvalue weighted by molar-refractivity contribution is 7.09. The first-order valence-electron chi connectivity index (χ1n) is 10.4. The standard InChI is InChI=1S/C22H33N5S/c1-4-23-22(24-12-11-20-16-28-18(3)26-20)25-15-21(27-13-5-6-14-27)19-9-7-17(2)8-10-19/h7-10,16,21H,4-6,11-15H2,1-3H3,(H2,23,24,25). The maximum absolute atomic E-state index is 4.93. The van der Waals surface area contributed by atoms with E-state index in [9.17, 15) is 0 Å². The number of aromatic nitrogens is 1. The van der Waals surface area contributed by atoms with Crippen molar-refractivity contribution in [2.45, 2.75) is 46.1 Å². The van der Waals surface area contributed by atoms with Gasteiger partial charge in [-0.1, -0.05) is 29.8 Å². The van der Waals surface area contributed by atoms with Crippen molar-refractivity contribution in [1.29, 1.82) is 0 Å². The molecule has 2 N–H and O–H groups in total. The normalized spacial score (nSPS) is 16.3. The summed E-state index contributed by atoms with van der Waals surface area (Å²) in [5.41, 5.74) is 3.82. The topological polar surface area (TPSA) is 52.6 Å². The van der Waals surface area contributed by atoms with Crippen LogP contribution in [0.4, 0.5) is 0 Å². The molecule has 0 aliphatic carbocycles. The third kappa shape index (κ3) is 6.04. The van der Waals surface area contributed by atoms with E-state index in [1.165, 1.54) is 37.1 Å². The molecule has 1 aliphatic rings. The lowest BCUT2D eigenvalue weighted by atomic mass is 10.0. The van der Waals surface area contributed by atoms with Crippen LogP contribution in [0.25, 0.3) is 0 Å². The van der Waals surface area contributed by atoms with Gasteiger partial charge >= 0.3 is 0 Å². The van der Waals surface area contributed by atoms with Gasteiger partial charge in [-0.15, -0.1) is 11.3 Å². The van der Waals surface area contributed by atoms with Crippen LogP contribution in [-0.4, -0.2) is 48.6 Å². The molecule has 1 aromatic heterocycles. The molecule has 1 aromatic carbocycles. The number of aryl methyl sites for hydroxylation is 2. The van der Waals surface area contributed by atoms with Crippen molar-refractivity contribution < 1.29 is 0 Å². The van der Waals surface area contributed by atoms with Gasteiger partial charge in [0.25, 0.3) is 0 Å². The molecule has 0 amide bonds. The zero-order valence-corrected chi connectivity index (χ0v) is 18.2. The number of rotatable bonds is 8. The number of benzene rings is 1. The fourth-order valence-electron chi connectivity index (χ4n) is 3.63. The van der Waals surface area contributed by atoms with Gasteiger partial charge in [0, 0.05) is 24.9 Å². The van der Waals surface area contributed by atoms with Crippen LogP contribution in [-0.2, 0) is 6.42 Å². The summed E-state index contributed by atoms with van der Waals surface area (Å²) in [6.45, 7) is 11.1. The minimum atomic E-state index is 0.347. The van der Waals surface area contributed by atoms with Gasteiger partial charge in [0.2, 0.25) is 0 Å². The van der Waals surface area contributed by atoms with Crippen molar-refractivity contribution in [3.05, 3.63) is 51.5 Å². The molecule has 0 bridgehead atoms. The second-order valence-electron chi connectivity index (χ2n) is 7.42. The summed E-state index contributed by atoms with van der Waals surface area (Å²) < 4.78 is 0. The number of hydrogen-bond acceptors (Lipinski definition) is 4. The van der Waals surface area contributed by atoms with Crippen LogP contribution in [0.3, 0.4) is 0 Å². The Labute approximate surface area is 173 Å². The largest absolute Gasteiger partial charge is 0.357 e. The number of aliphatic imine (C=N–C) groups is 1. The van der Waals surface area contributed by atoms with Crippen LogP contribution in [0.15, 0.2) is 34.6 Å². The lowest BCUT2D eigenvalue weighted by molar-refractivity contribution is 0.251. The Morgan fingerprint density at radius 3 is 2.57 bits per heavy atom.